The van der Waals surface area contributed by atoms with Gasteiger partial charge in [-0.05, 0) is 83.1 Å². The molecule has 0 spiro atoms. The van der Waals surface area contributed by atoms with E-state index in [9.17, 15) is 19.8 Å². The van der Waals surface area contributed by atoms with E-state index in [-0.39, 0.29) is 36.8 Å². The number of rotatable bonds is 13. The van der Waals surface area contributed by atoms with Crippen molar-refractivity contribution in [3.63, 3.8) is 0 Å². The third kappa shape index (κ3) is 7.10. The highest BCUT2D eigenvalue weighted by Crippen LogP contribution is 2.46. The quantitative estimate of drug-likeness (QED) is 0.0669. The van der Waals surface area contributed by atoms with Gasteiger partial charge in [0.2, 0.25) is 0 Å². The summed E-state index contributed by atoms with van der Waals surface area (Å²) in [5.74, 6) is -1.22. The van der Waals surface area contributed by atoms with E-state index in [1.807, 2.05) is 60.9 Å². The van der Waals surface area contributed by atoms with Gasteiger partial charge in [-0.15, -0.1) is 0 Å². The van der Waals surface area contributed by atoms with E-state index in [0.29, 0.717) is 10.0 Å². The second-order valence-corrected chi connectivity index (χ2v) is 18.1. The summed E-state index contributed by atoms with van der Waals surface area (Å²) in [4.78, 5) is 29.4. The van der Waals surface area contributed by atoms with Crippen LogP contribution in [0.3, 0.4) is 0 Å². The van der Waals surface area contributed by atoms with E-state index < -0.39 is 11.9 Å². The van der Waals surface area contributed by atoms with Crippen LogP contribution in [-0.2, 0) is 22.4 Å². The molecule has 2 aliphatic heterocycles. The molecule has 2 fully saturated rings. The van der Waals surface area contributed by atoms with E-state index >= 15 is 0 Å². The highest BCUT2D eigenvalue weighted by Gasteiger charge is 2.33. The zero-order valence-electron chi connectivity index (χ0n) is 32.0. The van der Waals surface area contributed by atoms with E-state index in [1.54, 1.807) is 0 Å². The molecule has 0 radical (unpaired) electrons. The van der Waals surface area contributed by atoms with Gasteiger partial charge in [0, 0.05) is 81.7 Å². The van der Waals surface area contributed by atoms with Gasteiger partial charge in [0.05, 0.1) is 55.1 Å². The van der Waals surface area contributed by atoms with Crippen molar-refractivity contribution in [2.75, 3.05) is 13.1 Å². The predicted molar refractivity (Wildman–Crippen MR) is 241 cm³/mol. The maximum absolute atomic E-state index is 11.3. The minimum Gasteiger partial charge on any atom is -0.481 e. The van der Waals surface area contributed by atoms with Crippen molar-refractivity contribution in [1.29, 1.82) is 0 Å². The fourth-order valence-corrected chi connectivity index (χ4v) is 11.2. The molecule has 4 unspecified atom stereocenters. The maximum atomic E-state index is 11.3. The Morgan fingerprint density at radius 1 is 0.600 bits per heavy atom. The van der Waals surface area contributed by atoms with Gasteiger partial charge in [-0.2, -0.15) is 8.75 Å². The van der Waals surface area contributed by atoms with Gasteiger partial charge in [-0.1, -0.05) is 83.9 Å². The Balaban J connectivity index is 0.926. The van der Waals surface area contributed by atoms with Crippen molar-refractivity contribution in [3.8, 4) is 56.2 Å². The van der Waals surface area contributed by atoms with Gasteiger partial charge < -0.3 is 30.8 Å². The molecule has 2 aliphatic rings. The number of halogens is 2. The van der Waals surface area contributed by atoms with Gasteiger partial charge in [0.1, 0.15) is 0 Å². The molecule has 4 aromatic heterocycles. The number of H-pyrrole nitrogens is 2. The van der Waals surface area contributed by atoms with Crippen LogP contribution in [0.1, 0.15) is 24.0 Å². The number of carboxylic acid groups (broad SMARTS) is 2. The zero-order chi connectivity index (χ0) is 41.1. The summed E-state index contributed by atoms with van der Waals surface area (Å²) in [6.45, 7) is 1.48. The Morgan fingerprint density at radius 3 is 1.43 bits per heavy atom. The molecule has 0 amide bonds. The molecule has 6 N–H and O–H groups in total. The highest BCUT2D eigenvalue weighted by molar-refractivity contribution is 7.14. The van der Waals surface area contributed by atoms with Crippen molar-refractivity contribution in [3.05, 3.63) is 118 Å². The van der Waals surface area contributed by atoms with Crippen molar-refractivity contribution in [1.82, 2.24) is 29.3 Å². The molecule has 2 saturated heterocycles. The fraction of sp³-hybridized carbons (Fsp3) is 0.217. The van der Waals surface area contributed by atoms with Crippen molar-refractivity contribution >= 4 is 78.4 Å². The number of fused-ring (bicyclic) bond motifs is 2. The lowest BCUT2D eigenvalue weighted by Crippen LogP contribution is -2.54. The first-order valence-electron chi connectivity index (χ1n) is 19.8. The number of aromatic nitrogens is 4. The number of carboxylic acids is 2. The summed E-state index contributed by atoms with van der Waals surface area (Å²) in [7, 11) is 0. The van der Waals surface area contributed by atoms with E-state index in [0.717, 1.165) is 113 Å². The molecule has 4 atom stereocenters. The predicted octanol–water partition coefficient (Wildman–Crippen LogP) is 10.4. The molecular formula is C46H38Cl2N6O4S2. The van der Waals surface area contributed by atoms with Crippen LogP contribution >= 0.6 is 46.3 Å². The van der Waals surface area contributed by atoms with Crippen LogP contribution in [0.15, 0.2) is 97.3 Å². The summed E-state index contributed by atoms with van der Waals surface area (Å²) in [6.07, 6.45) is 5.73. The molecule has 4 aromatic carbocycles. The molecular weight excluding hydrogens is 836 g/mol. The molecule has 10 rings (SSSR count). The smallest absolute Gasteiger partial charge is 0.303 e. The van der Waals surface area contributed by atoms with E-state index in [2.05, 4.69) is 57.0 Å². The number of carbonyl (C=O) groups is 2. The van der Waals surface area contributed by atoms with Gasteiger partial charge in [-0.3, -0.25) is 9.59 Å². The standard InChI is InChI=1S/C46H38Cl2N6O4S2/c47-41-27(3-1-5-31(41)43-33(11-13-49-43)45-29-9-7-23(17-37(29)59-53-45)15-35-25(21-51-35)19-39(55)56)28-4-2-6-32(42(28)48)44-34(12-14-50-44)46-30-10-8-24(18-38(30)60-54-46)16-36-26(22-52-36)20-40(57)58/h1-14,17-18,25-26,35-36,49-52H,15-16,19-22H2,(H,55,56)(H,57,58). The average molecular weight is 874 g/mol. The SMILES string of the molecule is O=C(O)CC1CNC1Cc1ccc2c(-c3cc[nH]c3-c3cccc(-c4cccc(-c5[nH]ccc5-c5nsc6cc(CC7NCC7CC(=O)O)ccc56)c4Cl)c3Cl)nsc2c1. The first-order chi connectivity index (χ1) is 29.2. The molecule has 0 aliphatic carbocycles. The lowest BCUT2D eigenvalue weighted by molar-refractivity contribution is -0.140. The second-order valence-electron chi connectivity index (χ2n) is 15.7. The lowest BCUT2D eigenvalue weighted by Gasteiger charge is -2.37. The van der Waals surface area contributed by atoms with Crippen LogP contribution in [0.25, 0.3) is 76.3 Å². The summed E-state index contributed by atoms with van der Waals surface area (Å²) in [5, 5.41) is 28.5. The van der Waals surface area contributed by atoms with Gasteiger partial charge in [0.15, 0.2) is 0 Å². The minimum atomic E-state index is -0.754. The third-order valence-electron chi connectivity index (χ3n) is 12.1. The van der Waals surface area contributed by atoms with Crippen LogP contribution in [0.2, 0.25) is 10.0 Å². The number of benzene rings is 4. The second kappa shape index (κ2) is 15.9. The lowest BCUT2D eigenvalue weighted by atomic mass is 9.84. The van der Waals surface area contributed by atoms with Gasteiger partial charge in [0.25, 0.3) is 0 Å². The van der Waals surface area contributed by atoms with E-state index in [4.69, 9.17) is 31.9 Å². The Labute approximate surface area is 362 Å². The molecule has 302 valence electrons. The van der Waals surface area contributed by atoms with Crippen LogP contribution in [0.4, 0.5) is 0 Å². The largest absolute Gasteiger partial charge is 0.481 e. The monoisotopic (exact) mass is 872 g/mol. The maximum Gasteiger partial charge on any atom is 0.303 e. The normalized spacial score (nSPS) is 18.8. The summed E-state index contributed by atoms with van der Waals surface area (Å²) in [5.41, 5.74) is 10.9. The molecule has 14 heteroatoms. The number of aliphatic carboxylic acids is 2. The van der Waals surface area contributed by atoms with Crippen LogP contribution in [0.5, 0.6) is 0 Å². The van der Waals surface area contributed by atoms with Crippen molar-refractivity contribution in [2.24, 2.45) is 11.8 Å². The zero-order valence-corrected chi connectivity index (χ0v) is 35.1. The first kappa shape index (κ1) is 38.8. The molecule has 0 saturated carbocycles. The molecule has 10 nitrogen and oxygen atoms in total. The Morgan fingerprint density at radius 2 is 1.03 bits per heavy atom. The Bertz CT molecular complexity index is 2760. The molecule has 60 heavy (non-hydrogen) atoms. The number of aromatic amines is 2. The first-order valence-corrected chi connectivity index (χ1v) is 22.1. The van der Waals surface area contributed by atoms with Crippen LogP contribution in [-0.4, -0.2) is 66.0 Å². The summed E-state index contributed by atoms with van der Waals surface area (Å²) < 4.78 is 12.0. The van der Waals surface area contributed by atoms with Crippen molar-refractivity contribution in [2.45, 2.75) is 37.8 Å². The average Bonchev–Trinajstić information content (AvgIpc) is 4.06. The highest BCUT2D eigenvalue weighted by atomic mass is 35.5. The molecule has 6 heterocycles. The van der Waals surface area contributed by atoms with Gasteiger partial charge >= 0.3 is 11.9 Å². The summed E-state index contributed by atoms with van der Waals surface area (Å²) in [6, 6.07) is 29.1. The molecule has 8 aromatic rings. The third-order valence-corrected chi connectivity index (χ3v) is 14.5. The Hall–Kier alpha value is -5.34. The number of nitrogens with zero attached hydrogens (tertiary/aromatic N) is 2. The molecule has 0 bridgehead atoms. The summed E-state index contributed by atoms with van der Waals surface area (Å²) >= 11 is 17.6. The number of nitrogens with one attached hydrogen (secondary N) is 4. The van der Waals surface area contributed by atoms with Crippen LogP contribution in [0, 0.1) is 11.8 Å². The minimum absolute atomic E-state index is 0.143. The number of hydrogen-bond acceptors (Lipinski definition) is 8. The van der Waals surface area contributed by atoms with E-state index in [1.165, 1.54) is 23.1 Å². The topological polar surface area (TPSA) is 156 Å². The number of hydrogen-bond donors (Lipinski definition) is 6. The Kier molecular flexibility index (Phi) is 10.3. The fourth-order valence-electron chi connectivity index (χ4n) is 8.82. The van der Waals surface area contributed by atoms with Gasteiger partial charge in [-0.25, -0.2) is 0 Å². The van der Waals surface area contributed by atoms with Crippen LogP contribution < -0.4 is 10.6 Å². The van der Waals surface area contributed by atoms with Crippen molar-refractivity contribution < 1.29 is 19.8 Å².